The minimum Gasteiger partial charge on any atom is -0.411 e. The summed E-state index contributed by atoms with van der Waals surface area (Å²) in [4.78, 5) is 0. The first kappa shape index (κ1) is 8.82. The summed E-state index contributed by atoms with van der Waals surface area (Å²) in [6.07, 6.45) is 0. The normalized spacial score (nSPS) is 14.0. The van der Waals surface area contributed by atoms with Gasteiger partial charge in [0.2, 0.25) is 0 Å². The molecule has 0 aromatic heterocycles. The third-order valence-electron chi connectivity index (χ3n) is 1.14. The lowest BCUT2D eigenvalue weighted by atomic mass is 9.91. The Morgan fingerprint density at radius 1 is 1.56 bits per heavy atom. The number of thiol groups is 1. The molecule has 0 heterocycles. The van der Waals surface area contributed by atoms with E-state index in [9.17, 15) is 0 Å². The van der Waals surface area contributed by atoms with Crippen LogP contribution in [0.2, 0.25) is 0 Å². The molecule has 0 aromatic rings. The summed E-state index contributed by atoms with van der Waals surface area (Å²) in [7, 11) is 0. The van der Waals surface area contributed by atoms with Gasteiger partial charge in [-0.25, -0.2) is 0 Å². The quantitative estimate of drug-likeness (QED) is 0.252. The summed E-state index contributed by atoms with van der Waals surface area (Å²) in [5.41, 5.74) is 0.655. The predicted octanol–water partition coefficient (Wildman–Crippen LogP) is 1.79. The van der Waals surface area contributed by atoms with Gasteiger partial charge in [-0.2, -0.15) is 12.6 Å². The minimum atomic E-state index is -0.0590. The van der Waals surface area contributed by atoms with Crippen LogP contribution >= 0.6 is 12.6 Å². The van der Waals surface area contributed by atoms with Crippen molar-refractivity contribution < 1.29 is 5.21 Å². The molecule has 0 radical (unpaired) electrons. The lowest BCUT2D eigenvalue weighted by molar-refractivity contribution is 0.311. The molecular weight excluding hydrogens is 134 g/mol. The average molecular weight is 147 g/mol. The molecular formula is C6H13NOS. The van der Waals surface area contributed by atoms with Crippen LogP contribution in [0.3, 0.4) is 0 Å². The fourth-order valence-corrected chi connectivity index (χ4v) is 0.956. The lowest BCUT2D eigenvalue weighted by Crippen LogP contribution is -2.21. The van der Waals surface area contributed by atoms with Crippen molar-refractivity contribution in [2.75, 3.05) is 5.75 Å². The van der Waals surface area contributed by atoms with Gasteiger partial charge in [0, 0.05) is 11.2 Å². The van der Waals surface area contributed by atoms with Crippen LogP contribution in [0.25, 0.3) is 0 Å². The van der Waals surface area contributed by atoms with E-state index in [1.165, 1.54) is 0 Å². The Morgan fingerprint density at radius 2 is 2.00 bits per heavy atom. The molecule has 0 rings (SSSR count). The van der Waals surface area contributed by atoms with Gasteiger partial charge in [-0.3, -0.25) is 0 Å². The highest BCUT2D eigenvalue weighted by molar-refractivity contribution is 7.81. The molecule has 0 spiro atoms. The summed E-state index contributed by atoms with van der Waals surface area (Å²) in [6, 6.07) is 0. The van der Waals surface area contributed by atoms with Gasteiger partial charge in [0.15, 0.2) is 0 Å². The maximum absolute atomic E-state index is 8.40. The zero-order valence-corrected chi connectivity index (χ0v) is 6.94. The average Bonchev–Trinajstić information content (AvgIpc) is 1.65. The molecule has 0 amide bonds. The van der Waals surface area contributed by atoms with Crippen molar-refractivity contribution in [3.05, 3.63) is 0 Å². The maximum Gasteiger partial charge on any atom is 0.0720 e. The number of nitrogens with zero attached hydrogens (tertiary/aromatic N) is 1. The van der Waals surface area contributed by atoms with E-state index in [0.717, 1.165) is 0 Å². The van der Waals surface area contributed by atoms with Crippen molar-refractivity contribution >= 4 is 18.3 Å². The second-order valence-corrected chi connectivity index (χ2v) is 3.27. The molecule has 2 nitrogen and oxygen atoms in total. The minimum absolute atomic E-state index is 0.0590. The molecule has 0 aliphatic carbocycles. The third kappa shape index (κ3) is 2.75. The van der Waals surface area contributed by atoms with E-state index in [2.05, 4.69) is 17.8 Å². The Bertz CT molecular complexity index is 115. The first-order chi connectivity index (χ1) is 4.02. The number of rotatable bonds is 1. The fraction of sp³-hybridized carbons (Fsp3) is 0.833. The van der Waals surface area contributed by atoms with Crippen LogP contribution in [-0.2, 0) is 0 Å². The lowest BCUT2D eigenvalue weighted by Gasteiger charge is -2.17. The maximum atomic E-state index is 8.40. The molecule has 3 heteroatoms. The molecule has 0 bridgehead atoms. The topological polar surface area (TPSA) is 32.6 Å². The van der Waals surface area contributed by atoms with Gasteiger partial charge in [-0.15, -0.1) is 0 Å². The standard InChI is InChI=1S/C6H13NOS/c1-6(2,3)5(4-9)7-8/h8-9H,4H2,1-3H3/b7-5+. The van der Waals surface area contributed by atoms with E-state index in [4.69, 9.17) is 5.21 Å². The van der Waals surface area contributed by atoms with Crippen molar-refractivity contribution in [2.45, 2.75) is 20.8 Å². The SMILES string of the molecule is CC(C)(C)/C(CS)=N/O. The third-order valence-corrected chi connectivity index (χ3v) is 1.44. The highest BCUT2D eigenvalue weighted by atomic mass is 32.1. The van der Waals surface area contributed by atoms with E-state index in [1.807, 2.05) is 20.8 Å². The first-order valence-corrected chi connectivity index (χ1v) is 3.48. The molecule has 0 aliphatic rings. The first-order valence-electron chi connectivity index (χ1n) is 2.84. The summed E-state index contributed by atoms with van der Waals surface area (Å²) in [6.45, 7) is 5.95. The molecule has 54 valence electrons. The van der Waals surface area contributed by atoms with Crippen molar-refractivity contribution in [3.8, 4) is 0 Å². The van der Waals surface area contributed by atoms with Gasteiger partial charge >= 0.3 is 0 Å². The predicted molar refractivity (Wildman–Crippen MR) is 42.5 cm³/mol. The van der Waals surface area contributed by atoms with Crippen molar-refractivity contribution in [3.63, 3.8) is 0 Å². The van der Waals surface area contributed by atoms with Crippen molar-refractivity contribution in [1.82, 2.24) is 0 Å². The van der Waals surface area contributed by atoms with E-state index in [1.54, 1.807) is 0 Å². The fourth-order valence-electron chi connectivity index (χ4n) is 0.419. The zero-order chi connectivity index (χ0) is 7.49. The van der Waals surface area contributed by atoms with Crippen LogP contribution in [-0.4, -0.2) is 16.7 Å². The molecule has 0 saturated carbocycles. The summed E-state index contributed by atoms with van der Waals surface area (Å²) in [5, 5.41) is 11.5. The Hall–Kier alpha value is -0.180. The molecule has 0 unspecified atom stereocenters. The van der Waals surface area contributed by atoms with Gasteiger partial charge in [-0.1, -0.05) is 25.9 Å². The number of oxime groups is 1. The highest BCUT2D eigenvalue weighted by Crippen LogP contribution is 2.16. The Kier molecular flexibility index (Phi) is 3.04. The van der Waals surface area contributed by atoms with Gasteiger partial charge in [0.25, 0.3) is 0 Å². The summed E-state index contributed by atoms with van der Waals surface area (Å²) in [5.74, 6) is 0.514. The van der Waals surface area contributed by atoms with Crippen LogP contribution < -0.4 is 0 Å². The van der Waals surface area contributed by atoms with E-state index in [0.29, 0.717) is 11.5 Å². The van der Waals surface area contributed by atoms with Crippen molar-refractivity contribution in [2.24, 2.45) is 10.6 Å². The van der Waals surface area contributed by atoms with Gasteiger partial charge < -0.3 is 5.21 Å². The molecule has 0 saturated heterocycles. The number of hydrogen-bond acceptors (Lipinski definition) is 3. The largest absolute Gasteiger partial charge is 0.411 e. The molecule has 9 heavy (non-hydrogen) atoms. The van der Waals surface area contributed by atoms with E-state index >= 15 is 0 Å². The second kappa shape index (κ2) is 3.11. The van der Waals surface area contributed by atoms with Gasteiger partial charge in [-0.05, 0) is 0 Å². The smallest absolute Gasteiger partial charge is 0.0720 e. The molecule has 0 fully saturated rings. The van der Waals surface area contributed by atoms with Crippen LogP contribution in [0.5, 0.6) is 0 Å². The zero-order valence-electron chi connectivity index (χ0n) is 6.05. The van der Waals surface area contributed by atoms with Crippen LogP contribution in [0.4, 0.5) is 0 Å². The van der Waals surface area contributed by atoms with Crippen molar-refractivity contribution in [1.29, 1.82) is 0 Å². The number of hydrogen-bond donors (Lipinski definition) is 2. The van der Waals surface area contributed by atoms with E-state index in [-0.39, 0.29) is 5.41 Å². The highest BCUT2D eigenvalue weighted by Gasteiger charge is 2.17. The van der Waals surface area contributed by atoms with Gasteiger partial charge in [0.05, 0.1) is 5.71 Å². The molecule has 0 aromatic carbocycles. The van der Waals surface area contributed by atoms with Crippen LogP contribution in [0, 0.1) is 5.41 Å². The Balaban J connectivity index is 4.14. The van der Waals surface area contributed by atoms with Gasteiger partial charge in [0.1, 0.15) is 0 Å². The Morgan fingerprint density at radius 3 is 2.00 bits per heavy atom. The second-order valence-electron chi connectivity index (χ2n) is 2.95. The van der Waals surface area contributed by atoms with E-state index < -0.39 is 0 Å². The Labute approximate surface area is 61.4 Å². The summed E-state index contributed by atoms with van der Waals surface area (Å²) >= 11 is 4.00. The molecule has 1 N–H and O–H groups in total. The molecule has 0 atom stereocenters. The molecule has 0 aliphatic heterocycles. The van der Waals surface area contributed by atoms with Crippen LogP contribution in [0.1, 0.15) is 20.8 Å². The van der Waals surface area contributed by atoms with Crippen LogP contribution in [0.15, 0.2) is 5.16 Å². The summed E-state index contributed by atoms with van der Waals surface area (Å²) < 4.78 is 0. The monoisotopic (exact) mass is 147 g/mol.